The van der Waals surface area contributed by atoms with Crippen LogP contribution >= 0.6 is 0 Å². The molecule has 60 heavy (non-hydrogen) atoms. The van der Waals surface area contributed by atoms with E-state index < -0.39 is 186 Å². The van der Waals surface area contributed by atoms with Gasteiger partial charge >= 0.3 is 0 Å². The second-order valence-electron chi connectivity index (χ2n) is 14.2. The van der Waals surface area contributed by atoms with E-state index in [4.69, 9.17) is 56.8 Å². The lowest BCUT2D eigenvalue weighted by atomic mass is 9.87. The highest BCUT2D eigenvalue weighted by atomic mass is 16.8. The van der Waals surface area contributed by atoms with Crippen molar-refractivity contribution in [3.63, 3.8) is 0 Å². The van der Waals surface area contributed by atoms with E-state index in [1.807, 2.05) is 0 Å². The summed E-state index contributed by atoms with van der Waals surface area (Å²) in [5.74, 6) is -5.00. The Hall–Kier alpha value is -2.43. The van der Waals surface area contributed by atoms with Crippen LogP contribution in [0.15, 0.2) is 0 Å². The van der Waals surface area contributed by atoms with Gasteiger partial charge < -0.3 is 133 Å². The largest absolute Gasteiger partial charge is 0.548 e. The van der Waals surface area contributed by atoms with E-state index in [0.717, 1.165) is 21.1 Å². The number of aliphatic hydroxyl groups is 9. The number of carbonyl (C=O) groups excluding carboxylic acids is 3. The molecule has 4 rings (SSSR count). The molecule has 27 nitrogen and oxygen atoms in total. The number of carboxylic acid groups (broad SMARTS) is 3. The molecule has 348 valence electrons. The summed E-state index contributed by atoms with van der Waals surface area (Å²) < 4.78 is 65.7. The molecular formula is C33H51O27-3. The fourth-order valence-corrected chi connectivity index (χ4v) is 7.03. The number of hydrogen-bond acceptors (Lipinski definition) is 27. The minimum absolute atomic E-state index is 0.512. The van der Waals surface area contributed by atoms with Gasteiger partial charge in [0.15, 0.2) is 25.2 Å². The molecule has 9 N–H and O–H groups in total. The van der Waals surface area contributed by atoms with Crippen LogP contribution < -0.4 is 15.3 Å². The molecular weight excluding hydrogens is 828 g/mol. The highest BCUT2D eigenvalue weighted by Gasteiger charge is 2.60. The number of hydrogen-bond donors (Lipinski definition) is 9. The fraction of sp³-hybridized carbons (Fsp3) is 0.909. The van der Waals surface area contributed by atoms with Gasteiger partial charge in [0.2, 0.25) is 0 Å². The second-order valence-corrected chi connectivity index (χ2v) is 14.2. The molecule has 20 atom stereocenters. The Bertz CT molecular complexity index is 1370. The standard InChI is InChI=1S/C33H54O27/c1-33(53-10-17(40)41)28(48)27(12(5-35)57-32(33)60-26-14(7-52-9-16(38)39)55-29(50-3)21(45)19(26)43)59-30-23(47)20(44)25(11(4-34)54-30)58-31-22(46)18(42)24(49-2)13(56-31)6-51-8-15(36)37/h11-14,18-32,34-35,42-48H,4-10H2,1-3H3,(H,36,37)(H,38,39)(H,40,41)/p-3/t11-,12?,13?,14-,18?,19?,20?,21?,22-,23?,24+,25+,26+,27+,28?,29+,30-,31-,32-,33-/m0/s1. The average molecular weight is 880 g/mol. The first kappa shape index (κ1) is 50.2. The molecule has 4 heterocycles. The first-order valence-electron chi connectivity index (χ1n) is 18.3. The Labute approximate surface area is 340 Å². The summed E-state index contributed by atoms with van der Waals surface area (Å²) in [5.41, 5.74) is -2.40. The molecule has 0 aliphatic carbocycles. The van der Waals surface area contributed by atoms with Crippen LogP contribution in [0.5, 0.6) is 0 Å². The highest BCUT2D eigenvalue weighted by molar-refractivity contribution is 5.66. The first-order valence-corrected chi connectivity index (χ1v) is 18.3. The number of carbonyl (C=O) groups is 3. The summed E-state index contributed by atoms with van der Waals surface area (Å²) in [6.45, 7) is -5.15. The Kier molecular flexibility index (Phi) is 18.6. The van der Waals surface area contributed by atoms with E-state index in [-0.39, 0.29) is 0 Å². The maximum atomic E-state index is 11.8. The number of rotatable bonds is 21. The summed E-state index contributed by atoms with van der Waals surface area (Å²) in [4.78, 5) is 33.3. The van der Waals surface area contributed by atoms with Crippen molar-refractivity contribution in [1.82, 2.24) is 0 Å². The lowest BCUT2D eigenvalue weighted by molar-refractivity contribution is -0.407. The van der Waals surface area contributed by atoms with E-state index in [0.29, 0.717) is 0 Å². The van der Waals surface area contributed by atoms with E-state index in [9.17, 15) is 75.7 Å². The van der Waals surface area contributed by atoms with Gasteiger partial charge in [-0.3, -0.25) is 0 Å². The SMILES string of the molecule is CO[C@@H]1O[C@@H](COCC(=O)[O-])[C@@H](O[C@@H]2OC(CO)[C@@H](O[C@@H]3O[C@@H](CO)[C@@H](O[C@@H]4OC(COCC(=O)[O-])[C@@H](OC)C(O)[C@@H]4O)C(O)C3O)C(O)[C@]2(C)OCC(=O)[O-])C(O)C1O. The molecule has 4 saturated heterocycles. The predicted molar refractivity (Wildman–Crippen MR) is 174 cm³/mol. The Morgan fingerprint density at radius 3 is 1.43 bits per heavy atom. The van der Waals surface area contributed by atoms with Crippen LogP contribution in [-0.4, -0.2) is 247 Å². The van der Waals surface area contributed by atoms with Crippen LogP contribution in [-0.2, 0) is 71.2 Å². The van der Waals surface area contributed by atoms with E-state index in [1.54, 1.807) is 0 Å². The van der Waals surface area contributed by atoms with Gasteiger partial charge in [0.05, 0.1) is 64.2 Å². The Morgan fingerprint density at radius 2 is 0.950 bits per heavy atom. The van der Waals surface area contributed by atoms with E-state index in [2.05, 4.69) is 0 Å². The summed E-state index contributed by atoms with van der Waals surface area (Å²) in [6.07, 6.45) is -33.8. The first-order chi connectivity index (χ1) is 28.3. The monoisotopic (exact) mass is 879 g/mol. The van der Waals surface area contributed by atoms with E-state index in [1.165, 1.54) is 0 Å². The zero-order valence-electron chi connectivity index (χ0n) is 32.3. The van der Waals surface area contributed by atoms with Crippen LogP contribution in [0.3, 0.4) is 0 Å². The number of aliphatic hydroxyl groups excluding tert-OH is 9. The smallest absolute Gasteiger partial charge is 0.190 e. The summed E-state index contributed by atoms with van der Waals surface area (Å²) in [7, 11) is 2.28. The topological polar surface area (TPSA) is 413 Å². The minimum Gasteiger partial charge on any atom is -0.548 e. The van der Waals surface area contributed by atoms with Crippen LogP contribution in [0.1, 0.15) is 6.92 Å². The third-order valence-corrected chi connectivity index (χ3v) is 10.2. The molecule has 27 heteroatoms. The number of ether oxygens (including phenoxy) is 12. The van der Waals surface area contributed by atoms with Crippen LogP contribution in [0, 0.1) is 0 Å². The summed E-state index contributed by atoms with van der Waals surface area (Å²) >= 11 is 0. The summed E-state index contributed by atoms with van der Waals surface area (Å²) in [6, 6.07) is 0. The molecule has 0 spiro atoms. The van der Waals surface area contributed by atoms with Crippen LogP contribution in [0.25, 0.3) is 0 Å². The number of carboxylic acids is 3. The predicted octanol–water partition coefficient (Wildman–Crippen LogP) is -11.7. The minimum atomic E-state index is -2.40. The molecule has 0 amide bonds. The van der Waals surface area contributed by atoms with Crippen LogP contribution in [0.4, 0.5) is 0 Å². The van der Waals surface area contributed by atoms with Gasteiger partial charge in [0.1, 0.15) is 97.2 Å². The molecule has 4 fully saturated rings. The van der Waals surface area contributed by atoms with Gasteiger partial charge in [-0.15, -0.1) is 0 Å². The van der Waals surface area contributed by atoms with E-state index >= 15 is 0 Å². The zero-order chi connectivity index (χ0) is 44.6. The molecule has 0 saturated carbocycles. The van der Waals surface area contributed by atoms with Crippen molar-refractivity contribution in [2.75, 3.05) is 60.5 Å². The number of methoxy groups -OCH3 is 2. The van der Waals surface area contributed by atoms with Gasteiger partial charge in [0.25, 0.3) is 0 Å². The molecule has 4 aliphatic rings. The number of aliphatic carboxylic acids is 3. The van der Waals surface area contributed by atoms with Crippen molar-refractivity contribution in [2.45, 2.75) is 129 Å². The molecule has 8 unspecified atom stereocenters. The van der Waals surface area contributed by atoms with Crippen molar-refractivity contribution in [3.05, 3.63) is 0 Å². The van der Waals surface area contributed by atoms with Crippen molar-refractivity contribution in [1.29, 1.82) is 0 Å². The Morgan fingerprint density at radius 1 is 0.533 bits per heavy atom. The average Bonchev–Trinajstić information content (AvgIpc) is 3.20. The normalized spacial score (nSPS) is 43.7. The lowest BCUT2D eigenvalue weighted by Gasteiger charge is -2.53. The fourth-order valence-electron chi connectivity index (χ4n) is 7.03. The third-order valence-electron chi connectivity index (χ3n) is 10.2. The zero-order valence-corrected chi connectivity index (χ0v) is 32.3. The Balaban J connectivity index is 1.55. The highest BCUT2D eigenvalue weighted by Crippen LogP contribution is 2.40. The van der Waals surface area contributed by atoms with Crippen molar-refractivity contribution in [3.8, 4) is 0 Å². The van der Waals surface area contributed by atoms with Crippen molar-refractivity contribution >= 4 is 17.9 Å². The quantitative estimate of drug-likeness (QED) is 0.0517. The molecule has 0 aromatic heterocycles. The summed E-state index contributed by atoms with van der Waals surface area (Å²) in [5, 5.41) is 131. The third kappa shape index (κ3) is 11.6. The lowest BCUT2D eigenvalue weighted by Crippen LogP contribution is -2.71. The van der Waals surface area contributed by atoms with Gasteiger partial charge in [-0.1, -0.05) is 0 Å². The second kappa shape index (κ2) is 22.3. The van der Waals surface area contributed by atoms with Crippen molar-refractivity contribution < 1.29 is 133 Å². The van der Waals surface area contributed by atoms with Gasteiger partial charge in [0, 0.05) is 14.2 Å². The molecule has 0 aromatic rings. The van der Waals surface area contributed by atoms with Gasteiger partial charge in [-0.05, 0) is 6.92 Å². The van der Waals surface area contributed by atoms with Crippen LogP contribution in [0.2, 0.25) is 0 Å². The molecule has 0 bridgehead atoms. The van der Waals surface area contributed by atoms with Crippen molar-refractivity contribution in [2.24, 2.45) is 0 Å². The molecule has 0 aromatic carbocycles. The maximum Gasteiger partial charge on any atom is 0.190 e. The van der Waals surface area contributed by atoms with Gasteiger partial charge in [-0.25, -0.2) is 0 Å². The molecule has 0 radical (unpaired) electrons. The van der Waals surface area contributed by atoms with Gasteiger partial charge in [-0.2, -0.15) is 0 Å². The maximum absolute atomic E-state index is 11.8. The molecule has 4 aliphatic heterocycles.